The average Bonchev–Trinajstić information content (AvgIpc) is 2.36. The van der Waals surface area contributed by atoms with Crippen molar-refractivity contribution >= 4 is 5.97 Å². The maximum atomic E-state index is 11.6. The minimum Gasteiger partial charge on any atom is -0.468 e. The van der Waals surface area contributed by atoms with E-state index < -0.39 is 11.5 Å². The highest BCUT2D eigenvalue weighted by Crippen LogP contribution is 2.29. The summed E-state index contributed by atoms with van der Waals surface area (Å²) in [6.45, 7) is 6.05. The molecular weight excluding hydrogens is 214 g/mol. The van der Waals surface area contributed by atoms with Gasteiger partial charge in [0.1, 0.15) is 6.04 Å². The van der Waals surface area contributed by atoms with Gasteiger partial charge in [-0.15, -0.1) is 0 Å². The van der Waals surface area contributed by atoms with Crippen molar-refractivity contribution < 1.29 is 9.53 Å². The van der Waals surface area contributed by atoms with Crippen LogP contribution in [0.5, 0.6) is 0 Å². The van der Waals surface area contributed by atoms with E-state index in [0.717, 1.165) is 12.0 Å². The largest absolute Gasteiger partial charge is 0.468 e. The third-order valence-corrected chi connectivity index (χ3v) is 3.33. The molecule has 0 spiro atoms. The lowest BCUT2D eigenvalue weighted by atomic mass is 9.75. The highest BCUT2D eigenvalue weighted by molar-refractivity contribution is 5.77. The average molecular weight is 235 g/mol. The van der Waals surface area contributed by atoms with Crippen LogP contribution in [0.1, 0.15) is 31.9 Å². The van der Waals surface area contributed by atoms with Gasteiger partial charge in [-0.3, -0.25) is 4.79 Å². The summed E-state index contributed by atoms with van der Waals surface area (Å²) in [4.78, 5) is 11.6. The van der Waals surface area contributed by atoms with E-state index in [0.29, 0.717) is 0 Å². The van der Waals surface area contributed by atoms with Gasteiger partial charge in [0.2, 0.25) is 0 Å². The maximum Gasteiger partial charge on any atom is 0.323 e. The van der Waals surface area contributed by atoms with Crippen LogP contribution in [0.25, 0.3) is 0 Å². The van der Waals surface area contributed by atoms with Crippen molar-refractivity contribution in [1.82, 2.24) is 0 Å². The molecule has 1 atom stereocenters. The van der Waals surface area contributed by atoms with Crippen molar-refractivity contribution in [3.8, 4) is 0 Å². The zero-order valence-corrected chi connectivity index (χ0v) is 11.0. The first-order chi connectivity index (χ1) is 7.95. The molecule has 0 aliphatic rings. The van der Waals surface area contributed by atoms with E-state index in [-0.39, 0.29) is 5.97 Å². The number of ether oxygens (including phenoxy) is 1. The van der Waals surface area contributed by atoms with Crippen LogP contribution in [0.3, 0.4) is 0 Å². The normalized spacial score (nSPS) is 13.2. The molecule has 3 nitrogen and oxygen atoms in total. The lowest BCUT2D eigenvalue weighted by Gasteiger charge is -2.32. The fourth-order valence-corrected chi connectivity index (χ4v) is 2.05. The molecule has 3 heteroatoms. The van der Waals surface area contributed by atoms with Crippen LogP contribution < -0.4 is 5.73 Å². The molecule has 1 unspecified atom stereocenters. The summed E-state index contributed by atoms with van der Waals surface area (Å²) >= 11 is 0. The number of aryl methyl sites for hydroxylation is 1. The smallest absolute Gasteiger partial charge is 0.323 e. The molecule has 0 aliphatic carbocycles. The quantitative estimate of drug-likeness (QED) is 0.812. The summed E-state index contributed by atoms with van der Waals surface area (Å²) in [7, 11) is 1.37. The molecule has 0 radical (unpaired) electrons. The van der Waals surface area contributed by atoms with Crippen LogP contribution >= 0.6 is 0 Å². The van der Waals surface area contributed by atoms with Gasteiger partial charge in [-0.1, -0.05) is 45.0 Å². The summed E-state index contributed by atoms with van der Waals surface area (Å²) in [5, 5.41) is 0. The standard InChI is InChI=1S/C14H21NO2/c1-5-10-8-6-7-9-11(10)14(2,3)12(15)13(16)17-4/h6-9,12H,5,15H2,1-4H3. The predicted molar refractivity (Wildman–Crippen MR) is 68.8 cm³/mol. The molecule has 17 heavy (non-hydrogen) atoms. The highest BCUT2D eigenvalue weighted by atomic mass is 16.5. The number of methoxy groups -OCH3 is 1. The fourth-order valence-electron chi connectivity index (χ4n) is 2.05. The molecular formula is C14H21NO2. The van der Waals surface area contributed by atoms with Gasteiger partial charge in [0, 0.05) is 5.41 Å². The summed E-state index contributed by atoms with van der Waals surface area (Å²) in [5.74, 6) is -0.374. The van der Waals surface area contributed by atoms with Crippen molar-refractivity contribution in [2.75, 3.05) is 7.11 Å². The molecule has 0 heterocycles. The molecule has 0 bridgehead atoms. The Labute approximate surface area is 103 Å². The zero-order valence-electron chi connectivity index (χ0n) is 11.0. The molecule has 0 fully saturated rings. The van der Waals surface area contributed by atoms with Gasteiger partial charge in [0.25, 0.3) is 0 Å². The van der Waals surface area contributed by atoms with Crippen molar-refractivity contribution in [2.24, 2.45) is 5.73 Å². The summed E-state index contributed by atoms with van der Waals surface area (Å²) in [6.07, 6.45) is 0.924. The van der Waals surface area contributed by atoms with Crippen molar-refractivity contribution in [3.63, 3.8) is 0 Å². The van der Waals surface area contributed by atoms with Crippen LogP contribution in [-0.4, -0.2) is 19.1 Å². The minimum absolute atomic E-state index is 0.374. The van der Waals surface area contributed by atoms with E-state index >= 15 is 0 Å². The fraction of sp³-hybridized carbons (Fsp3) is 0.500. The monoisotopic (exact) mass is 235 g/mol. The van der Waals surface area contributed by atoms with Gasteiger partial charge in [-0.25, -0.2) is 0 Å². The highest BCUT2D eigenvalue weighted by Gasteiger charge is 2.35. The van der Waals surface area contributed by atoms with Gasteiger partial charge < -0.3 is 10.5 Å². The van der Waals surface area contributed by atoms with E-state index in [4.69, 9.17) is 10.5 Å². The summed E-state index contributed by atoms with van der Waals surface area (Å²) in [5.41, 5.74) is 7.89. The summed E-state index contributed by atoms with van der Waals surface area (Å²) in [6, 6.07) is 7.42. The number of benzene rings is 1. The van der Waals surface area contributed by atoms with Gasteiger partial charge in [-0.05, 0) is 17.5 Å². The third-order valence-electron chi connectivity index (χ3n) is 3.33. The number of nitrogens with two attached hydrogens (primary N) is 1. The Morgan fingerprint density at radius 1 is 1.41 bits per heavy atom. The van der Waals surface area contributed by atoms with Gasteiger partial charge in [0.15, 0.2) is 0 Å². The number of hydrogen-bond acceptors (Lipinski definition) is 3. The lowest BCUT2D eigenvalue weighted by Crippen LogP contribution is -2.47. The SMILES string of the molecule is CCc1ccccc1C(C)(C)C(N)C(=O)OC. The molecule has 94 valence electrons. The van der Waals surface area contributed by atoms with Crippen LogP contribution in [0.2, 0.25) is 0 Å². The molecule has 1 aromatic carbocycles. The number of carbonyl (C=O) groups is 1. The topological polar surface area (TPSA) is 52.3 Å². The van der Waals surface area contributed by atoms with E-state index in [2.05, 4.69) is 13.0 Å². The number of carbonyl (C=O) groups excluding carboxylic acids is 1. The Balaban J connectivity index is 3.16. The Hall–Kier alpha value is -1.35. The molecule has 0 aliphatic heterocycles. The van der Waals surface area contributed by atoms with E-state index in [1.54, 1.807) is 0 Å². The van der Waals surface area contributed by atoms with Gasteiger partial charge in [0.05, 0.1) is 7.11 Å². The molecule has 1 rings (SSSR count). The van der Waals surface area contributed by atoms with Crippen LogP contribution in [0.15, 0.2) is 24.3 Å². The molecule has 0 saturated carbocycles. The molecule has 0 amide bonds. The third kappa shape index (κ3) is 2.67. The van der Waals surface area contributed by atoms with Crippen molar-refractivity contribution in [3.05, 3.63) is 35.4 Å². The second kappa shape index (κ2) is 5.32. The Kier molecular flexibility index (Phi) is 4.29. The van der Waals surface area contributed by atoms with E-state index in [1.165, 1.54) is 12.7 Å². The summed E-state index contributed by atoms with van der Waals surface area (Å²) < 4.78 is 4.73. The van der Waals surface area contributed by atoms with Crippen LogP contribution in [0.4, 0.5) is 0 Å². The zero-order chi connectivity index (χ0) is 13.1. The maximum absolute atomic E-state index is 11.6. The molecule has 2 N–H and O–H groups in total. The molecule has 0 saturated heterocycles. The van der Waals surface area contributed by atoms with Gasteiger partial charge >= 0.3 is 5.97 Å². The van der Waals surface area contributed by atoms with Gasteiger partial charge in [-0.2, -0.15) is 0 Å². The second-order valence-electron chi connectivity index (χ2n) is 4.73. The van der Waals surface area contributed by atoms with E-state index in [9.17, 15) is 4.79 Å². The Morgan fingerprint density at radius 3 is 2.53 bits per heavy atom. The van der Waals surface area contributed by atoms with Crippen LogP contribution in [0, 0.1) is 0 Å². The predicted octanol–water partition coefficient (Wildman–Crippen LogP) is 2.03. The van der Waals surface area contributed by atoms with Crippen molar-refractivity contribution in [2.45, 2.75) is 38.6 Å². The number of rotatable bonds is 4. The van der Waals surface area contributed by atoms with E-state index in [1.807, 2.05) is 32.0 Å². The minimum atomic E-state index is -0.653. The second-order valence-corrected chi connectivity index (χ2v) is 4.73. The first-order valence-electron chi connectivity index (χ1n) is 5.87. The number of hydrogen-bond donors (Lipinski definition) is 1. The molecule has 1 aromatic rings. The van der Waals surface area contributed by atoms with Crippen LogP contribution in [-0.2, 0) is 21.4 Å². The molecule has 0 aromatic heterocycles. The Bertz CT molecular complexity index is 399. The number of esters is 1. The Morgan fingerprint density at radius 2 is 2.00 bits per heavy atom. The first kappa shape index (κ1) is 13.7. The lowest BCUT2D eigenvalue weighted by molar-refractivity contribution is -0.143. The first-order valence-corrected chi connectivity index (χ1v) is 5.87. The van der Waals surface area contributed by atoms with Crippen molar-refractivity contribution in [1.29, 1.82) is 0 Å².